The number of nitrogens with zero attached hydrogens (tertiary/aromatic N) is 1. The molecule has 1 N–H and O–H groups in total. The first-order valence-electron chi connectivity index (χ1n) is 6.28. The van der Waals surface area contributed by atoms with Crippen molar-refractivity contribution in [3.63, 3.8) is 0 Å². The third-order valence-corrected chi connectivity index (χ3v) is 7.83. The van der Waals surface area contributed by atoms with Crippen LogP contribution in [-0.4, -0.2) is 44.0 Å². The van der Waals surface area contributed by atoms with Gasteiger partial charge in [-0.1, -0.05) is 31.9 Å². The number of likely N-dealkylation sites (tertiary alicyclic amines) is 1. The molecule has 2 bridgehead atoms. The van der Waals surface area contributed by atoms with Crippen LogP contribution in [0.15, 0.2) is 0 Å². The van der Waals surface area contributed by atoms with Crippen molar-refractivity contribution in [1.82, 2.24) is 4.90 Å². The molecule has 104 valence electrons. The van der Waals surface area contributed by atoms with Crippen LogP contribution in [0.5, 0.6) is 0 Å². The summed E-state index contributed by atoms with van der Waals surface area (Å²) in [5.41, 5.74) is 0. The third-order valence-electron chi connectivity index (χ3n) is 4.63. The lowest BCUT2D eigenvalue weighted by molar-refractivity contribution is -0.142. The number of carboxylic acid groups (broad SMARTS) is 1. The molecular formula is C12H13Br2NO4. The van der Waals surface area contributed by atoms with Crippen LogP contribution in [0.4, 0.5) is 0 Å². The number of carboxylic acids is 1. The lowest BCUT2D eigenvalue weighted by Gasteiger charge is -2.28. The number of halogens is 2. The van der Waals surface area contributed by atoms with Gasteiger partial charge < -0.3 is 5.11 Å². The van der Waals surface area contributed by atoms with Gasteiger partial charge in [-0.2, -0.15) is 0 Å². The normalized spacial score (nSPS) is 44.0. The summed E-state index contributed by atoms with van der Waals surface area (Å²) in [6, 6.07) is 0. The van der Waals surface area contributed by atoms with Gasteiger partial charge in [0.2, 0.25) is 11.8 Å². The fraction of sp³-hybridized carbons (Fsp3) is 0.750. The van der Waals surface area contributed by atoms with Crippen molar-refractivity contribution in [2.45, 2.75) is 22.5 Å². The zero-order valence-electron chi connectivity index (χ0n) is 9.96. The van der Waals surface area contributed by atoms with Crippen molar-refractivity contribution in [2.24, 2.45) is 23.7 Å². The Bertz CT molecular complexity index is 437. The highest BCUT2D eigenvalue weighted by Gasteiger charge is 2.66. The van der Waals surface area contributed by atoms with Gasteiger partial charge in [0.25, 0.3) is 0 Å². The van der Waals surface area contributed by atoms with Gasteiger partial charge in [-0.25, -0.2) is 0 Å². The first-order chi connectivity index (χ1) is 8.93. The SMILES string of the molecule is O=C(O)CCN1C(=O)[C@@H]2[C@H]3C[C@H]([C@@H](Br)[C@@H]3Br)[C@@H]2C1=O. The molecule has 3 aliphatic rings. The van der Waals surface area contributed by atoms with Gasteiger partial charge in [0, 0.05) is 16.2 Å². The van der Waals surface area contributed by atoms with E-state index in [-0.39, 0.29) is 58.1 Å². The summed E-state index contributed by atoms with van der Waals surface area (Å²) in [6.07, 6.45) is 0.715. The van der Waals surface area contributed by atoms with Gasteiger partial charge in [-0.3, -0.25) is 19.3 Å². The number of alkyl halides is 2. The molecule has 0 radical (unpaired) electrons. The number of hydrogen-bond donors (Lipinski definition) is 1. The average molecular weight is 395 g/mol. The van der Waals surface area contributed by atoms with E-state index in [1.807, 2.05) is 0 Å². The maximum atomic E-state index is 12.3. The van der Waals surface area contributed by atoms with Crippen LogP contribution in [0.1, 0.15) is 12.8 Å². The molecule has 6 atom stereocenters. The van der Waals surface area contributed by atoms with Crippen molar-refractivity contribution < 1.29 is 19.5 Å². The minimum atomic E-state index is -0.989. The van der Waals surface area contributed by atoms with Crippen molar-refractivity contribution in [3.8, 4) is 0 Å². The molecule has 1 aliphatic heterocycles. The number of aliphatic carboxylic acids is 1. The Kier molecular flexibility index (Phi) is 3.24. The molecule has 0 aromatic carbocycles. The minimum Gasteiger partial charge on any atom is -0.481 e. The highest BCUT2D eigenvalue weighted by Crippen LogP contribution is 2.60. The van der Waals surface area contributed by atoms with E-state index in [0.29, 0.717) is 0 Å². The van der Waals surface area contributed by atoms with Gasteiger partial charge in [0.05, 0.1) is 18.3 Å². The van der Waals surface area contributed by atoms with E-state index in [2.05, 4.69) is 31.9 Å². The lowest BCUT2D eigenvalue weighted by Crippen LogP contribution is -2.37. The van der Waals surface area contributed by atoms with Crippen LogP contribution in [0.3, 0.4) is 0 Å². The number of hydrogen-bond acceptors (Lipinski definition) is 3. The molecule has 1 heterocycles. The molecule has 3 rings (SSSR count). The van der Waals surface area contributed by atoms with Crippen molar-refractivity contribution >= 4 is 49.6 Å². The topological polar surface area (TPSA) is 74.7 Å². The van der Waals surface area contributed by atoms with Gasteiger partial charge in [-0.15, -0.1) is 0 Å². The monoisotopic (exact) mass is 393 g/mol. The highest BCUT2D eigenvalue weighted by atomic mass is 79.9. The minimum absolute atomic E-state index is 0.000650. The average Bonchev–Trinajstić information content (AvgIpc) is 2.93. The number of carbonyl (C=O) groups excluding carboxylic acids is 2. The summed E-state index contributed by atoms with van der Waals surface area (Å²) in [5.74, 6) is -1.46. The summed E-state index contributed by atoms with van der Waals surface area (Å²) >= 11 is 7.21. The molecule has 2 saturated carbocycles. The number of amides is 2. The van der Waals surface area contributed by atoms with E-state index in [9.17, 15) is 14.4 Å². The Morgan fingerprint density at radius 2 is 1.63 bits per heavy atom. The highest BCUT2D eigenvalue weighted by molar-refractivity contribution is 9.12. The van der Waals surface area contributed by atoms with E-state index in [1.54, 1.807) is 0 Å². The summed E-state index contributed by atoms with van der Waals surface area (Å²) in [6.45, 7) is -0.000650. The zero-order valence-corrected chi connectivity index (χ0v) is 13.1. The third kappa shape index (κ3) is 1.81. The molecule has 7 heteroatoms. The molecule has 3 fully saturated rings. The Hall–Kier alpha value is -0.430. The van der Waals surface area contributed by atoms with Crippen LogP contribution in [0, 0.1) is 23.7 Å². The molecule has 2 aliphatic carbocycles. The van der Waals surface area contributed by atoms with E-state index >= 15 is 0 Å². The van der Waals surface area contributed by atoms with Crippen LogP contribution in [0.2, 0.25) is 0 Å². The van der Waals surface area contributed by atoms with Crippen molar-refractivity contribution in [1.29, 1.82) is 0 Å². The summed E-state index contributed by atoms with van der Waals surface area (Å²) < 4.78 is 0. The summed E-state index contributed by atoms with van der Waals surface area (Å²) in [7, 11) is 0. The van der Waals surface area contributed by atoms with E-state index in [0.717, 1.165) is 11.3 Å². The van der Waals surface area contributed by atoms with E-state index in [1.165, 1.54) is 0 Å². The smallest absolute Gasteiger partial charge is 0.305 e. The maximum Gasteiger partial charge on any atom is 0.305 e. The Morgan fingerprint density at radius 1 is 1.16 bits per heavy atom. The largest absolute Gasteiger partial charge is 0.481 e. The van der Waals surface area contributed by atoms with E-state index in [4.69, 9.17) is 5.11 Å². The van der Waals surface area contributed by atoms with Crippen LogP contribution < -0.4 is 0 Å². The molecule has 0 spiro atoms. The Labute approximate surface area is 127 Å². The molecule has 5 nitrogen and oxygen atoms in total. The molecule has 0 aromatic heterocycles. The first-order valence-corrected chi connectivity index (χ1v) is 8.11. The fourth-order valence-electron chi connectivity index (χ4n) is 3.84. The fourth-order valence-corrected chi connectivity index (χ4v) is 5.71. The van der Waals surface area contributed by atoms with Crippen molar-refractivity contribution in [2.75, 3.05) is 6.54 Å². The second kappa shape index (κ2) is 4.55. The second-order valence-corrected chi connectivity index (χ2v) is 7.59. The van der Waals surface area contributed by atoms with Gasteiger partial charge in [0.15, 0.2) is 0 Å². The maximum absolute atomic E-state index is 12.3. The van der Waals surface area contributed by atoms with E-state index < -0.39 is 5.97 Å². The lowest BCUT2D eigenvalue weighted by atomic mass is 9.81. The van der Waals surface area contributed by atoms with Gasteiger partial charge in [0.1, 0.15) is 0 Å². The quantitative estimate of drug-likeness (QED) is 0.577. The molecule has 2 amide bonds. The standard InChI is InChI=1S/C12H13Br2NO4/c13-9-4-3-5(10(9)14)8-7(4)11(18)15(12(8)19)2-1-6(16)17/h4-5,7-10H,1-3H2,(H,16,17)/t4-,5+,7-,8+,9-,10-/m1/s1. The number of carbonyl (C=O) groups is 3. The number of imide groups is 1. The number of fused-ring (bicyclic) bond motifs is 5. The molecule has 1 saturated heterocycles. The molecule has 0 aromatic rings. The molecular weight excluding hydrogens is 382 g/mol. The van der Waals surface area contributed by atoms with Crippen LogP contribution in [-0.2, 0) is 14.4 Å². The van der Waals surface area contributed by atoms with Crippen LogP contribution in [0.25, 0.3) is 0 Å². The zero-order chi connectivity index (χ0) is 13.9. The Morgan fingerprint density at radius 3 is 2.05 bits per heavy atom. The molecule has 0 unspecified atom stereocenters. The molecule has 19 heavy (non-hydrogen) atoms. The number of rotatable bonds is 3. The summed E-state index contributed by atoms with van der Waals surface area (Å²) in [4.78, 5) is 36.8. The van der Waals surface area contributed by atoms with Crippen molar-refractivity contribution in [3.05, 3.63) is 0 Å². The van der Waals surface area contributed by atoms with Gasteiger partial charge in [-0.05, 0) is 18.3 Å². The first kappa shape index (κ1) is 13.5. The second-order valence-electron chi connectivity index (χ2n) is 5.48. The predicted molar refractivity (Wildman–Crippen MR) is 73.0 cm³/mol. The summed E-state index contributed by atoms with van der Waals surface area (Å²) in [5, 5.41) is 8.69. The van der Waals surface area contributed by atoms with Gasteiger partial charge >= 0.3 is 5.97 Å². The Balaban J connectivity index is 1.83. The predicted octanol–water partition coefficient (Wildman–Crippen LogP) is 1.24. The van der Waals surface area contributed by atoms with Crippen LogP contribution >= 0.6 is 31.9 Å².